The maximum atomic E-state index is 12.2. The van der Waals surface area contributed by atoms with Gasteiger partial charge in [0.1, 0.15) is 6.04 Å². The van der Waals surface area contributed by atoms with Crippen molar-refractivity contribution in [2.24, 2.45) is 0 Å². The second-order valence-electron chi connectivity index (χ2n) is 5.56. The highest BCUT2D eigenvalue weighted by atomic mass is 35.5. The third kappa shape index (κ3) is 5.28. The number of amides is 1. The Bertz CT molecular complexity index is 268. The van der Waals surface area contributed by atoms with E-state index in [1.54, 1.807) is 0 Å². The summed E-state index contributed by atoms with van der Waals surface area (Å²) in [5.74, 6) is 0.118. The molecule has 0 spiro atoms. The van der Waals surface area contributed by atoms with E-state index >= 15 is 0 Å². The molecule has 2 fully saturated rings. The first-order valence-electron chi connectivity index (χ1n) is 7.43. The molecule has 0 unspecified atom stereocenters. The van der Waals surface area contributed by atoms with Gasteiger partial charge in [0.2, 0.25) is 5.91 Å². The molecule has 5 heteroatoms. The lowest BCUT2D eigenvalue weighted by atomic mass is 9.96. The van der Waals surface area contributed by atoms with Crippen molar-refractivity contribution >= 4 is 18.3 Å². The fraction of sp³-hybridized carbons (Fsp3) is 0.929. The average molecular weight is 291 g/mol. The summed E-state index contributed by atoms with van der Waals surface area (Å²) < 4.78 is 5.52. The lowest BCUT2D eigenvalue weighted by molar-refractivity contribution is -0.129. The van der Waals surface area contributed by atoms with E-state index in [1.165, 1.54) is 32.1 Å². The van der Waals surface area contributed by atoms with Gasteiger partial charge in [-0.15, -0.1) is 12.4 Å². The van der Waals surface area contributed by atoms with Gasteiger partial charge in [-0.05, 0) is 19.8 Å². The second-order valence-corrected chi connectivity index (χ2v) is 5.56. The van der Waals surface area contributed by atoms with Crippen molar-refractivity contribution in [3.63, 3.8) is 0 Å². The number of carbonyl (C=O) groups is 1. The zero-order chi connectivity index (χ0) is 12.8. The summed E-state index contributed by atoms with van der Waals surface area (Å²) in [7, 11) is 0. The van der Waals surface area contributed by atoms with Gasteiger partial charge >= 0.3 is 0 Å². The van der Waals surface area contributed by atoms with Gasteiger partial charge in [-0.1, -0.05) is 32.1 Å². The van der Waals surface area contributed by atoms with E-state index in [4.69, 9.17) is 4.74 Å². The first kappa shape index (κ1) is 16.7. The number of rotatable bonds is 2. The number of hydrogen-bond donors (Lipinski definition) is 2. The zero-order valence-corrected chi connectivity index (χ0v) is 12.6. The Labute approximate surface area is 122 Å². The van der Waals surface area contributed by atoms with Crippen LogP contribution < -0.4 is 10.6 Å². The van der Waals surface area contributed by atoms with Gasteiger partial charge in [0, 0.05) is 12.6 Å². The molecule has 2 N–H and O–H groups in total. The number of nitrogens with one attached hydrogen (secondary N) is 2. The molecule has 4 nitrogen and oxygen atoms in total. The Morgan fingerprint density at radius 1 is 1.16 bits per heavy atom. The van der Waals surface area contributed by atoms with Crippen molar-refractivity contribution in [1.82, 2.24) is 10.6 Å². The second kappa shape index (κ2) is 8.77. The predicted molar refractivity (Wildman–Crippen MR) is 78.7 cm³/mol. The molecule has 2 aliphatic rings. The average Bonchev–Trinajstić information content (AvgIpc) is 2.33. The minimum atomic E-state index is -0.177. The van der Waals surface area contributed by atoms with Gasteiger partial charge < -0.3 is 15.4 Å². The van der Waals surface area contributed by atoms with Crippen molar-refractivity contribution in [2.45, 2.75) is 70.1 Å². The third-order valence-electron chi connectivity index (χ3n) is 4.05. The molecule has 0 bridgehead atoms. The first-order valence-corrected chi connectivity index (χ1v) is 7.43. The number of morpholine rings is 1. The summed E-state index contributed by atoms with van der Waals surface area (Å²) in [6.45, 7) is 3.44. The molecule has 1 saturated heterocycles. The number of halogens is 1. The van der Waals surface area contributed by atoms with E-state index in [-0.39, 0.29) is 30.5 Å². The molecule has 1 heterocycles. The lowest BCUT2D eigenvalue weighted by Crippen LogP contribution is -2.57. The molecular formula is C14H27ClN2O2. The van der Waals surface area contributed by atoms with Crippen LogP contribution in [-0.2, 0) is 9.53 Å². The van der Waals surface area contributed by atoms with Crippen LogP contribution in [-0.4, -0.2) is 37.2 Å². The molecule has 112 valence electrons. The Morgan fingerprint density at radius 3 is 2.42 bits per heavy atom. The van der Waals surface area contributed by atoms with Crippen LogP contribution in [0.4, 0.5) is 0 Å². The number of carbonyl (C=O) groups excluding carboxylic acids is 1. The standard InChI is InChI=1S/C14H26N2O2.ClH/c1-11-13(15-9-10-18-11)14(17)16-12-7-5-3-2-4-6-8-12;/h11-13,15H,2-10H2,1H3,(H,16,17);1H/t11-,13+;/m1./s1. The minimum Gasteiger partial charge on any atom is -0.375 e. The quantitative estimate of drug-likeness (QED) is 0.818. The van der Waals surface area contributed by atoms with E-state index in [0.29, 0.717) is 12.6 Å². The van der Waals surface area contributed by atoms with Crippen molar-refractivity contribution in [2.75, 3.05) is 13.2 Å². The van der Waals surface area contributed by atoms with Crippen molar-refractivity contribution in [3.8, 4) is 0 Å². The van der Waals surface area contributed by atoms with Crippen molar-refractivity contribution in [1.29, 1.82) is 0 Å². The first-order chi connectivity index (χ1) is 8.77. The molecule has 2 atom stereocenters. The zero-order valence-electron chi connectivity index (χ0n) is 11.8. The monoisotopic (exact) mass is 290 g/mol. The molecule has 0 aromatic heterocycles. The Balaban J connectivity index is 0.00000180. The number of ether oxygens (including phenoxy) is 1. The van der Waals surface area contributed by atoms with Crippen LogP contribution in [0.1, 0.15) is 51.9 Å². The Kier molecular flexibility index (Phi) is 7.73. The minimum absolute atomic E-state index is 0. The van der Waals surface area contributed by atoms with Gasteiger partial charge in [0.15, 0.2) is 0 Å². The summed E-state index contributed by atoms with van der Waals surface area (Å²) in [6.07, 6.45) is 8.72. The number of hydrogen-bond acceptors (Lipinski definition) is 3. The summed E-state index contributed by atoms with van der Waals surface area (Å²) in [4.78, 5) is 12.2. The van der Waals surface area contributed by atoms with Crippen molar-refractivity contribution < 1.29 is 9.53 Å². The highest BCUT2D eigenvalue weighted by Gasteiger charge is 2.29. The molecule has 0 aromatic carbocycles. The molecule has 19 heavy (non-hydrogen) atoms. The van der Waals surface area contributed by atoms with Gasteiger partial charge in [0.05, 0.1) is 12.7 Å². The summed E-state index contributed by atoms with van der Waals surface area (Å²) in [6, 6.07) is 0.193. The highest BCUT2D eigenvalue weighted by molar-refractivity contribution is 5.85. The molecule has 0 aromatic rings. The van der Waals surface area contributed by atoms with E-state index in [9.17, 15) is 4.79 Å². The van der Waals surface area contributed by atoms with Crippen LogP contribution in [0.25, 0.3) is 0 Å². The predicted octanol–water partition coefficient (Wildman–Crippen LogP) is 2.01. The third-order valence-corrected chi connectivity index (χ3v) is 4.05. The normalized spacial score (nSPS) is 29.7. The van der Waals surface area contributed by atoms with Crippen LogP contribution >= 0.6 is 12.4 Å². The Morgan fingerprint density at radius 2 is 1.79 bits per heavy atom. The fourth-order valence-electron chi connectivity index (χ4n) is 2.92. The largest absolute Gasteiger partial charge is 0.375 e. The molecule has 1 amide bonds. The maximum absolute atomic E-state index is 12.2. The molecule has 2 rings (SSSR count). The molecule has 0 radical (unpaired) electrons. The molecule has 1 aliphatic heterocycles. The van der Waals surface area contributed by atoms with Crippen LogP contribution in [0.2, 0.25) is 0 Å². The van der Waals surface area contributed by atoms with E-state index < -0.39 is 0 Å². The summed E-state index contributed by atoms with van der Waals surface area (Å²) in [5.41, 5.74) is 0. The van der Waals surface area contributed by atoms with Gasteiger partial charge in [-0.3, -0.25) is 4.79 Å². The maximum Gasteiger partial charge on any atom is 0.240 e. The van der Waals surface area contributed by atoms with Crippen LogP contribution in [0.15, 0.2) is 0 Å². The summed E-state index contributed by atoms with van der Waals surface area (Å²) >= 11 is 0. The van der Waals surface area contributed by atoms with Gasteiger partial charge in [0.25, 0.3) is 0 Å². The fourth-order valence-corrected chi connectivity index (χ4v) is 2.92. The molecule has 1 aliphatic carbocycles. The van der Waals surface area contributed by atoms with E-state index in [0.717, 1.165) is 19.4 Å². The highest BCUT2D eigenvalue weighted by Crippen LogP contribution is 2.17. The van der Waals surface area contributed by atoms with E-state index in [2.05, 4.69) is 10.6 Å². The van der Waals surface area contributed by atoms with Crippen LogP contribution in [0.5, 0.6) is 0 Å². The van der Waals surface area contributed by atoms with E-state index in [1.807, 2.05) is 6.92 Å². The van der Waals surface area contributed by atoms with Crippen LogP contribution in [0, 0.1) is 0 Å². The topological polar surface area (TPSA) is 50.4 Å². The van der Waals surface area contributed by atoms with Crippen molar-refractivity contribution in [3.05, 3.63) is 0 Å². The smallest absolute Gasteiger partial charge is 0.240 e. The van der Waals surface area contributed by atoms with Gasteiger partial charge in [-0.2, -0.15) is 0 Å². The van der Waals surface area contributed by atoms with Gasteiger partial charge in [-0.25, -0.2) is 0 Å². The molecular weight excluding hydrogens is 264 g/mol. The summed E-state index contributed by atoms with van der Waals surface area (Å²) in [5, 5.41) is 6.45. The lowest BCUT2D eigenvalue weighted by Gasteiger charge is -2.31. The van der Waals surface area contributed by atoms with Crippen LogP contribution in [0.3, 0.4) is 0 Å². The Hall–Kier alpha value is -0.320. The molecule has 1 saturated carbocycles. The SMILES string of the molecule is C[C@H]1OCCN[C@@H]1C(=O)NC1CCCCCCC1.Cl.